The summed E-state index contributed by atoms with van der Waals surface area (Å²) in [6.07, 6.45) is 2.27. The van der Waals surface area contributed by atoms with Crippen molar-refractivity contribution >= 4 is 56.7 Å². The van der Waals surface area contributed by atoms with Gasteiger partial charge >= 0.3 is 0 Å². The number of hydrogen-bond donors (Lipinski definition) is 0. The number of thiocarbonyl (C=S) groups is 2. The van der Waals surface area contributed by atoms with Crippen molar-refractivity contribution in [3.8, 4) is 0 Å². The third kappa shape index (κ3) is 5.17. The largest absolute Gasteiger partial charge is 0.470 e. The average molecular weight is 387 g/mol. The van der Waals surface area contributed by atoms with E-state index in [4.69, 9.17) is 52.9 Å². The summed E-state index contributed by atoms with van der Waals surface area (Å²) >= 11 is 13.0. The molecular formula is C12H18O6S4. The van der Waals surface area contributed by atoms with Gasteiger partial charge in [0.2, 0.25) is 8.77 Å². The highest BCUT2D eigenvalue weighted by Gasteiger charge is 2.43. The molecule has 2 aliphatic heterocycles. The molecule has 22 heavy (non-hydrogen) atoms. The Morgan fingerprint density at radius 3 is 1.64 bits per heavy atom. The van der Waals surface area contributed by atoms with Crippen molar-refractivity contribution in [3.05, 3.63) is 0 Å². The van der Waals surface area contributed by atoms with E-state index in [-0.39, 0.29) is 38.0 Å². The third-order valence-corrected chi connectivity index (χ3v) is 5.19. The average Bonchev–Trinajstić information content (AvgIpc) is 2.55. The molecule has 2 aliphatic rings. The molecule has 0 bridgehead atoms. The molecule has 0 amide bonds. The minimum Gasteiger partial charge on any atom is -0.470 e. The van der Waals surface area contributed by atoms with Crippen LogP contribution < -0.4 is 0 Å². The predicted octanol–water partition coefficient (Wildman–Crippen LogP) is 1.80. The van der Waals surface area contributed by atoms with Gasteiger partial charge < -0.3 is 28.4 Å². The molecule has 10 heteroatoms. The van der Waals surface area contributed by atoms with Crippen LogP contribution in [0, 0.1) is 0 Å². The molecule has 0 aliphatic carbocycles. The smallest absolute Gasteiger partial charge is 0.220 e. The Morgan fingerprint density at radius 2 is 1.27 bits per heavy atom. The summed E-state index contributed by atoms with van der Waals surface area (Å²) in [5.41, 5.74) is 0. The van der Waals surface area contributed by atoms with Crippen molar-refractivity contribution in [1.82, 2.24) is 0 Å². The van der Waals surface area contributed by atoms with Crippen LogP contribution in [0.15, 0.2) is 0 Å². The molecule has 2 rings (SSSR count). The van der Waals surface area contributed by atoms with Crippen molar-refractivity contribution in [1.29, 1.82) is 0 Å². The van der Waals surface area contributed by atoms with Crippen molar-refractivity contribution in [3.63, 3.8) is 0 Å². The van der Waals surface area contributed by atoms with E-state index in [2.05, 4.69) is 0 Å². The molecule has 0 aromatic rings. The van der Waals surface area contributed by atoms with E-state index >= 15 is 0 Å². The van der Waals surface area contributed by atoms with Gasteiger partial charge in [-0.2, -0.15) is 0 Å². The molecule has 0 N–H and O–H groups in total. The van der Waals surface area contributed by atoms with Crippen LogP contribution in [0.3, 0.4) is 0 Å². The lowest BCUT2D eigenvalue weighted by atomic mass is 10.0. The zero-order valence-electron chi connectivity index (χ0n) is 12.2. The van der Waals surface area contributed by atoms with Gasteiger partial charge in [-0.15, -0.1) is 0 Å². The molecule has 0 aromatic carbocycles. The van der Waals surface area contributed by atoms with Gasteiger partial charge in [0.15, 0.2) is 12.2 Å². The van der Waals surface area contributed by atoms with E-state index in [0.717, 1.165) is 0 Å². The normalized spacial score (nSPS) is 32.3. The van der Waals surface area contributed by atoms with E-state index in [0.29, 0.717) is 22.0 Å². The van der Waals surface area contributed by atoms with Crippen LogP contribution in [0.1, 0.15) is 0 Å². The minimum absolute atomic E-state index is 0.178. The van der Waals surface area contributed by atoms with E-state index in [1.54, 1.807) is 0 Å². The molecule has 0 unspecified atom stereocenters. The molecule has 2 fully saturated rings. The SMILES string of the molecule is CSC(=S)O[C@@H]1COCO[C@H]1[C@@H]1OCOC[C@H]1OC(=S)SC. The number of hydrogen-bond acceptors (Lipinski definition) is 10. The van der Waals surface area contributed by atoms with Crippen LogP contribution in [-0.2, 0) is 28.4 Å². The summed E-state index contributed by atoms with van der Waals surface area (Å²) in [7, 11) is 0. The summed E-state index contributed by atoms with van der Waals surface area (Å²) in [5, 5.41) is 0. The first-order valence-electron chi connectivity index (χ1n) is 6.53. The van der Waals surface area contributed by atoms with Crippen LogP contribution >= 0.6 is 48.0 Å². The zero-order valence-corrected chi connectivity index (χ0v) is 15.5. The second-order valence-electron chi connectivity index (χ2n) is 4.46. The molecule has 6 nitrogen and oxygen atoms in total. The lowest BCUT2D eigenvalue weighted by Crippen LogP contribution is -2.56. The minimum atomic E-state index is -0.364. The molecule has 126 valence electrons. The highest BCUT2D eigenvalue weighted by Crippen LogP contribution is 2.25. The van der Waals surface area contributed by atoms with Crippen LogP contribution in [0.4, 0.5) is 0 Å². The molecule has 0 radical (unpaired) electrons. The maximum absolute atomic E-state index is 5.72. The molecule has 0 aromatic heterocycles. The first kappa shape index (κ1) is 18.7. The summed E-state index contributed by atoms with van der Waals surface area (Å²) in [4.78, 5) is 0. The molecular weight excluding hydrogens is 368 g/mol. The van der Waals surface area contributed by atoms with Crippen molar-refractivity contribution < 1.29 is 28.4 Å². The number of ether oxygens (including phenoxy) is 6. The van der Waals surface area contributed by atoms with Gasteiger partial charge in [0.1, 0.15) is 25.8 Å². The number of rotatable bonds is 3. The Bertz CT molecular complexity index is 360. The Balaban J connectivity index is 2.05. The summed E-state index contributed by atoms with van der Waals surface area (Å²) in [6.45, 7) is 1.12. The predicted molar refractivity (Wildman–Crippen MR) is 93.4 cm³/mol. The van der Waals surface area contributed by atoms with Crippen LogP contribution in [0.25, 0.3) is 0 Å². The Hall–Kier alpha value is 0.320. The number of thioether (sulfide) groups is 2. The van der Waals surface area contributed by atoms with Crippen LogP contribution in [-0.4, -0.2) is 72.5 Å². The quantitative estimate of drug-likeness (QED) is 0.671. The lowest BCUT2D eigenvalue weighted by Gasteiger charge is -2.41. The lowest BCUT2D eigenvalue weighted by molar-refractivity contribution is -0.272. The Morgan fingerprint density at radius 1 is 0.864 bits per heavy atom. The maximum atomic E-state index is 5.72. The molecule has 4 atom stereocenters. The Labute approximate surface area is 148 Å². The summed E-state index contributed by atoms with van der Waals surface area (Å²) in [5.74, 6) is 0. The molecule has 0 spiro atoms. The van der Waals surface area contributed by atoms with E-state index in [1.807, 2.05) is 12.5 Å². The van der Waals surface area contributed by atoms with Crippen molar-refractivity contribution in [2.75, 3.05) is 39.3 Å². The van der Waals surface area contributed by atoms with E-state index in [1.165, 1.54) is 23.5 Å². The van der Waals surface area contributed by atoms with Crippen molar-refractivity contribution in [2.45, 2.75) is 24.4 Å². The van der Waals surface area contributed by atoms with E-state index in [9.17, 15) is 0 Å². The van der Waals surface area contributed by atoms with E-state index < -0.39 is 0 Å². The second kappa shape index (κ2) is 9.58. The fraction of sp³-hybridized carbons (Fsp3) is 0.833. The maximum Gasteiger partial charge on any atom is 0.220 e. The summed E-state index contributed by atoms with van der Waals surface area (Å²) in [6, 6.07) is 0. The fourth-order valence-electron chi connectivity index (χ4n) is 2.14. The molecule has 0 saturated carbocycles. The standard InChI is InChI=1S/C12H18O6S4/c1-21-11(19)17-7-3-13-5-15-9(7)10-8(4-14-6-16-10)18-12(20)22-2/h7-10H,3-6H2,1-2H3/t7-,8-,9-,10-/m1/s1. The van der Waals surface area contributed by atoms with Crippen molar-refractivity contribution in [2.24, 2.45) is 0 Å². The highest BCUT2D eigenvalue weighted by atomic mass is 32.2. The molecule has 2 heterocycles. The van der Waals surface area contributed by atoms with Gasteiger partial charge in [-0.25, -0.2) is 0 Å². The highest BCUT2D eigenvalue weighted by molar-refractivity contribution is 8.22. The van der Waals surface area contributed by atoms with Crippen LogP contribution in [0.2, 0.25) is 0 Å². The van der Waals surface area contributed by atoms with Gasteiger partial charge in [0.05, 0.1) is 13.2 Å². The third-order valence-electron chi connectivity index (χ3n) is 3.14. The van der Waals surface area contributed by atoms with Crippen LogP contribution in [0.5, 0.6) is 0 Å². The fourth-order valence-corrected chi connectivity index (χ4v) is 2.83. The van der Waals surface area contributed by atoms with Gasteiger partial charge in [0.25, 0.3) is 0 Å². The van der Waals surface area contributed by atoms with Gasteiger partial charge in [-0.3, -0.25) is 0 Å². The van der Waals surface area contributed by atoms with Gasteiger partial charge in [0, 0.05) is 0 Å². The first-order chi connectivity index (χ1) is 10.7. The van der Waals surface area contributed by atoms with Gasteiger partial charge in [-0.1, -0.05) is 23.5 Å². The second-order valence-corrected chi connectivity index (χ2v) is 7.28. The summed E-state index contributed by atoms with van der Waals surface area (Å²) < 4.78 is 34.3. The monoisotopic (exact) mass is 386 g/mol. The topological polar surface area (TPSA) is 55.4 Å². The first-order valence-corrected chi connectivity index (χ1v) is 9.80. The van der Waals surface area contributed by atoms with Gasteiger partial charge in [-0.05, 0) is 36.9 Å². The molecule has 2 saturated heterocycles. The Kier molecular flexibility index (Phi) is 8.12. The zero-order chi connectivity index (χ0) is 15.9.